The number of hydrogen-bond donors (Lipinski definition) is 3. The van der Waals surface area contributed by atoms with Crippen LogP contribution in [0.4, 0.5) is 11.4 Å². The summed E-state index contributed by atoms with van der Waals surface area (Å²) in [6.07, 6.45) is 0.714. The zero-order valence-corrected chi connectivity index (χ0v) is 15.1. The van der Waals surface area contributed by atoms with Crippen LogP contribution in [0.25, 0.3) is 5.57 Å². The van der Waals surface area contributed by atoms with Gasteiger partial charge < -0.3 is 10.6 Å². The zero-order valence-electron chi connectivity index (χ0n) is 14.2. The third kappa shape index (κ3) is 2.79. The third-order valence-corrected chi connectivity index (χ3v) is 5.89. The van der Waals surface area contributed by atoms with Crippen LogP contribution in [0.2, 0.25) is 0 Å². The molecule has 6 nitrogen and oxygen atoms in total. The maximum Gasteiger partial charge on any atom is 0.256 e. The van der Waals surface area contributed by atoms with Crippen molar-refractivity contribution in [2.24, 2.45) is 5.14 Å². The SMILES string of the molecule is C/C(CC1CNc2ccccc21)=C1/C(=O)Nc2ccc(S(N)(=O)=O)cc21. The van der Waals surface area contributed by atoms with E-state index in [1.807, 2.05) is 25.1 Å². The van der Waals surface area contributed by atoms with Gasteiger partial charge in [0.1, 0.15) is 0 Å². The van der Waals surface area contributed by atoms with Crippen molar-refractivity contribution in [1.29, 1.82) is 0 Å². The normalized spacial score (nSPS) is 20.2. The van der Waals surface area contributed by atoms with E-state index in [4.69, 9.17) is 5.14 Å². The first kappa shape index (κ1) is 16.8. The van der Waals surface area contributed by atoms with Crippen LogP contribution in [-0.2, 0) is 14.8 Å². The Morgan fingerprint density at radius 1 is 1.19 bits per heavy atom. The number of carbonyl (C=O) groups is 1. The molecule has 2 heterocycles. The number of hydrogen-bond acceptors (Lipinski definition) is 4. The van der Waals surface area contributed by atoms with E-state index in [-0.39, 0.29) is 16.7 Å². The highest BCUT2D eigenvalue weighted by atomic mass is 32.2. The van der Waals surface area contributed by atoms with Gasteiger partial charge in [0.2, 0.25) is 10.0 Å². The van der Waals surface area contributed by atoms with Crippen molar-refractivity contribution >= 4 is 32.9 Å². The largest absolute Gasteiger partial charge is 0.384 e. The van der Waals surface area contributed by atoms with Gasteiger partial charge in [0.05, 0.1) is 4.90 Å². The summed E-state index contributed by atoms with van der Waals surface area (Å²) < 4.78 is 23.3. The highest BCUT2D eigenvalue weighted by molar-refractivity contribution is 7.89. The molecule has 0 bridgehead atoms. The van der Waals surface area contributed by atoms with Crippen molar-refractivity contribution in [3.63, 3.8) is 0 Å². The molecule has 4 rings (SSSR count). The summed E-state index contributed by atoms with van der Waals surface area (Å²) in [6.45, 7) is 2.74. The van der Waals surface area contributed by atoms with Crippen molar-refractivity contribution < 1.29 is 13.2 Å². The minimum absolute atomic E-state index is 0.00549. The first-order valence-corrected chi connectivity index (χ1v) is 9.90. The van der Waals surface area contributed by atoms with Gasteiger partial charge in [0.15, 0.2) is 0 Å². The quantitative estimate of drug-likeness (QED) is 0.724. The Morgan fingerprint density at radius 3 is 2.73 bits per heavy atom. The molecule has 26 heavy (non-hydrogen) atoms. The molecule has 2 aliphatic heterocycles. The molecule has 0 spiro atoms. The van der Waals surface area contributed by atoms with Gasteiger partial charge in [-0.1, -0.05) is 23.8 Å². The molecule has 0 aromatic heterocycles. The molecular formula is C19H19N3O3S. The van der Waals surface area contributed by atoms with E-state index < -0.39 is 10.0 Å². The third-order valence-electron chi connectivity index (χ3n) is 4.98. The fourth-order valence-corrected chi connectivity index (χ4v) is 4.30. The molecule has 4 N–H and O–H groups in total. The topological polar surface area (TPSA) is 101 Å². The molecule has 0 radical (unpaired) electrons. The average molecular weight is 369 g/mol. The molecule has 0 fully saturated rings. The van der Waals surface area contributed by atoms with Gasteiger partial charge in [-0.15, -0.1) is 0 Å². The van der Waals surface area contributed by atoms with Gasteiger partial charge in [-0.3, -0.25) is 4.79 Å². The maximum atomic E-state index is 12.5. The lowest BCUT2D eigenvalue weighted by Gasteiger charge is -2.13. The van der Waals surface area contributed by atoms with Gasteiger partial charge in [-0.25, -0.2) is 13.6 Å². The smallest absolute Gasteiger partial charge is 0.256 e. The van der Waals surface area contributed by atoms with Gasteiger partial charge in [-0.2, -0.15) is 0 Å². The molecule has 2 aromatic rings. The van der Waals surface area contributed by atoms with Gasteiger partial charge >= 0.3 is 0 Å². The minimum Gasteiger partial charge on any atom is -0.384 e. The van der Waals surface area contributed by atoms with E-state index in [2.05, 4.69) is 16.7 Å². The number of allylic oxidation sites excluding steroid dienone is 1. The average Bonchev–Trinajstić information content (AvgIpc) is 3.13. The van der Waals surface area contributed by atoms with E-state index in [0.29, 0.717) is 23.2 Å². The Labute approximate surface area is 152 Å². The number of carbonyl (C=O) groups excluding carboxylic acids is 1. The van der Waals surface area contributed by atoms with Gasteiger partial charge in [0.25, 0.3) is 5.91 Å². The summed E-state index contributed by atoms with van der Waals surface area (Å²) in [4.78, 5) is 12.5. The highest BCUT2D eigenvalue weighted by Gasteiger charge is 2.29. The number of nitrogens with one attached hydrogen (secondary N) is 2. The summed E-state index contributed by atoms with van der Waals surface area (Å²) in [5, 5.41) is 11.4. The van der Waals surface area contributed by atoms with Crippen LogP contribution < -0.4 is 15.8 Å². The van der Waals surface area contributed by atoms with Gasteiger partial charge in [0, 0.05) is 35.0 Å². The van der Waals surface area contributed by atoms with Crippen LogP contribution in [0.1, 0.15) is 30.4 Å². The van der Waals surface area contributed by atoms with E-state index in [1.54, 1.807) is 6.07 Å². The van der Waals surface area contributed by atoms with Crippen molar-refractivity contribution in [3.8, 4) is 0 Å². The Kier molecular flexibility index (Phi) is 3.86. The lowest BCUT2D eigenvalue weighted by molar-refractivity contribution is -0.110. The van der Waals surface area contributed by atoms with E-state index >= 15 is 0 Å². The molecular weight excluding hydrogens is 350 g/mol. The zero-order chi connectivity index (χ0) is 18.5. The Morgan fingerprint density at radius 2 is 1.96 bits per heavy atom. The van der Waals surface area contributed by atoms with Crippen LogP contribution in [-0.4, -0.2) is 20.9 Å². The highest BCUT2D eigenvalue weighted by Crippen LogP contribution is 2.40. The number of para-hydroxylation sites is 1. The van der Waals surface area contributed by atoms with Crippen LogP contribution in [0.15, 0.2) is 52.9 Å². The summed E-state index contributed by atoms with van der Waals surface area (Å²) in [5.41, 5.74) is 5.04. The van der Waals surface area contributed by atoms with Crippen molar-refractivity contribution in [1.82, 2.24) is 0 Å². The van der Waals surface area contributed by atoms with Crippen molar-refractivity contribution in [3.05, 3.63) is 59.2 Å². The molecule has 1 unspecified atom stereocenters. The summed E-state index contributed by atoms with van der Waals surface area (Å²) >= 11 is 0. The predicted octanol–water partition coefficient (Wildman–Crippen LogP) is 2.66. The number of rotatable bonds is 3. The van der Waals surface area contributed by atoms with Crippen LogP contribution in [0, 0.1) is 0 Å². The molecule has 0 aliphatic carbocycles. The molecule has 2 aliphatic rings. The van der Waals surface area contributed by atoms with Gasteiger partial charge in [-0.05, 0) is 43.2 Å². The Balaban J connectivity index is 1.73. The van der Waals surface area contributed by atoms with Crippen molar-refractivity contribution in [2.45, 2.75) is 24.2 Å². The molecule has 1 amide bonds. The Hall–Kier alpha value is -2.64. The number of sulfonamides is 1. The molecule has 2 aromatic carbocycles. The second-order valence-electron chi connectivity index (χ2n) is 6.73. The van der Waals surface area contributed by atoms with Crippen LogP contribution >= 0.6 is 0 Å². The standard InChI is InChI=1S/C19H19N3O3S/c1-11(8-12-10-21-16-5-3-2-4-14(12)16)18-15-9-13(26(20,24)25)6-7-17(15)22-19(18)23/h2-7,9,12,21H,8,10H2,1H3,(H,22,23)(H2,20,24,25)/b18-11-. The molecule has 0 saturated heterocycles. The number of nitrogens with two attached hydrogens (primary N) is 1. The number of primary sulfonamides is 1. The molecule has 0 saturated carbocycles. The Bertz CT molecular complexity index is 1060. The molecule has 1 atom stereocenters. The first-order valence-electron chi connectivity index (χ1n) is 8.35. The molecule has 7 heteroatoms. The summed E-state index contributed by atoms with van der Waals surface area (Å²) in [7, 11) is -3.83. The number of benzene rings is 2. The lowest BCUT2D eigenvalue weighted by atomic mass is 9.90. The summed E-state index contributed by atoms with van der Waals surface area (Å²) in [5.74, 6) is 0.0697. The van der Waals surface area contributed by atoms with Crippen LogP contribution in [0.3, 0.4) is 0 Å². The lowest BCUT2D eigenvalue weighted by Crippen LogP contribution is -2.12. The predicted molar refractivity (Wildman–Crippen MR) is 101 cm³/mol. The van der Waals surface area contributed by atoms with Crippen molar-refractivity contribution in [2.75, 3.05) is 17.2 Å². The summed E-state index contributed by atoms with van der Waals surface area (Å²) in [6, 6.07) is 12.6. The first-order chi connectivity index (χ1) is 12.3. The fourth-order valence-electron chi connectivity index (χ4n) is 3.76. The number of fused-ring (bicyclic) bond motifs is 2. The number of anilines is 2. The molecule has 134 valence electrons. The van der Waals surface area contributed by atoms with E-state index in [1.165, 1.54) is 17.7 Å². The fraction of sp³-hybridized carbons (Fsp3) is 0.211. The number of amides is 1. The van der Waals surface area contributed by atoms with Crippen LogP contribution in [0.5, 0.6) is 0 Å². The monoisotopic (exact) mass is 369 g/mol. The second-order valence-corrected chi connectivity index (χ2v) is 8.29. The van der Waals surface area contributed by atoms with E-state index in [9.17, 15) is 13.2 Å². The minimum atomic E-state index is -3.83. The van der Waals surface area contributed by atoms with E-state index in [0.717, 1.165) is 17.8 Å². The second kappa shape index (κ2) is 5.96. The maximum absolute atomic E-state index is 12.5.